The van der Waals surface area contributed by atoms with E-state index in [4.69, 9.17) is 0 Å². The number of hydrogen-bond acceptors (Lipinski definition) is 2. The molecule has 0 amide bonds. The van der Waals surface area contributed by atoms with Gasteiger partial charge in [0.1, 0.15) is 0 Å². The number of aryl methyl sites for hydroxylation is 1. The summed E-state index contributed by atoms with van der Waals surface area (Å²) >= 11 is 0. The lowest BCUT2D eigenvalue weighted by Gasteiger charge is -2.11. The maximum atomic E-state index is 13.2. The minimum Gasteiger partial charge on any atom is -0.343 e. The SMILES string of the molecule is Cn1c(-c2ccccc2)c(C=NNc2ccccc2C(F)(F)F)c2ccccc21. The van der Waals surface area contributed by atoms with Gasteiger partial charge in [-0.05, 0) is 23.8 Å². The fourth-order valence-electron chi connectivity index (χ4n) is 3.49. The van der Waals surface area contributed by atoms with E-state index in [0.717, 1.165) is 33.8 Å². The van der Waals surface area contributed by atoms with Gasteiger partial charge in [-0.2, -0.15) is 18.3 Å². The average Bonchev–Trinajstić information content (AvgIpc) is 3.00. The highest BCUT2D eigenvalue weighted by Crippen LogP contribution is 2.35. The van der Waals surface area contributed by atoms with Crippen LogP contribution in [0.3, 0.4) is 0 Å². The van der Waals surface area contributed by atoms with E-state index in [-0.39, 0.29) is 5.69 Å². The lowest BCUT2D eigenvalue weighted by molar-refractivity contribution is -0.136. The molecule has 0 unspecified atom stereocenters. The summed E-state index contributed by atoms with van der Waals surface area (Å²) in [6, 6.07) is 23.0. The molecule has 0 aliphatic rings. The fraction of sp³-hybridized carbons (Fsp3) is 0.0870. The van der Waals surface area contributed by atoms with Crippen molar-refractivity contribution in [1.82, 2.24) is 4.57 Å². The zero-order valence-corrected chi connectivity index (χ0v) is 15.6. The summed E-state index contributed by atoms with van der Waals surface area (Å²) in [5.74, 6) is 0. The van der Waals surface area contributed by atoms with Crippen LogP contribution in [0.4, 0.5) is 18.9 Å². The summed E-state index contributed by atoms with van der Waals surface area (Å²) in [5.41, 5.74) is 5.53. The second-order valence-electron chi connectivity index (χ2n) is 6.62. The Morgan fingerprint density at radius 1 is 0.862 bits per heavy atom. The number of benzene rings is 3. The zero-order valence-electron chi connectivity index (χ0n) is 15.6. The summed E-state index contributed by atoms with van der Waals surface area (Å²) in [4.78, 5) is 0. The third kappa shape index (κ3) is 3.61. The van der Waals surface area contributed by atoms with Crippen molar-refractivity contribution in [3.8, 4) is 11.3 Å². The predicted octanol–water partition coefficient (Wildman–Crippen LogP) is 6.31. The maximum absolute atomic E-state index is 13.2. The van der Waals surface area contributed by atoms with E-state index in [0.29, 0.717) is 0 Å². The van der Waals surface area contributed by atoms with E-state index in [9.17, 15) is 13.2 Å². The Bertz CT molecular complexity index is 1180. The molecule has 4 rings (SSSR count). The molecule has 0 aliphatic carbocycles. The summed E-state index contributed by atoms with van der Waals surface area (Å²) < 4.78 is 41.7. The number of nitrogens with one attached hydrogen (secondary N) is 1. The molecule has 3 nitrogen and oxygen atoms in total. The van der Waals surface area contributed by atoms with Crippen molar-refractivity contribution in [2.24, 2.45) is 12.1 Å². The first-order valence-electron chi connectivity index (χ1n) is 9.05. The molecule has 0 saturated heterocycles. The number of nitrogens with zero attached hydrogens (tertiary/aromatic N) is 2. The van der Waals surface area contributed by atoms with E-state index in [1.807, 2.05) is 61.6 Å². The van der Waals surface area contributed by atoms with Gasteiger partial charge in [-0.1, -0.05) is 60.7 Å². The Labute approximate surface area is 166 Å². The highest BCUT2D eigenvalue weighted by molar-refractivity contribution is 6.06. The molecular formula is C23H18F3N3. The molecule has 0 radical (unpaired) electrons. The number of hydrogen-bond donors (Lipinski definition) is 1. The van der Waals surface area contributed by atoms with Crippen molar-refractivity contribution in [2.45, 2.75) is 6.18 Å². The lowest BCUT2D eigenvalue weighted by Crippen LogP contribution is -2.08. The van der Waals surface area contributed by atoms with E-state index < -0.39 is 11.7 Å². The molecule has 1 heterocycles. The van der Waals surface area contributed by atoms with Gasteiger partial charge in [0, 0.05) is 23.5 Å². The molecule has 0 atom stereocenters. The lowest BCUT2D eigenvalue weighted by atomic mass is 10.1. The van der Waals surface area contributed by atoms with Gasteiger partial charge < -0.3 is 4.57 Å². The molecule has 0 spiro atoms. The van der Waals surface area contributed by atoms with Gasteiger partial charge in [0.05, 0.1) is 23.2 Å². The second kappa shape index (κ2) is 7.47. The van der Waals surface area contributed by atoms with Crippen LogP contribution in [0.2, 0.25) is 0 Å². The third-order valence-corrected chi connectivity index (χ3v) is 4.80. The minimum absolute atomic E-state index is 0.0854. The molecule has 0 saturated carbocycles. The van der Waals surface area contributed by atoms with E-state index in [2.05, 4.69) is 15.1 Å². The maximum Gasteiger partial charge on any atom is 0.418 e. The first kappa shape index (κ1) is 18.8. The molecule has 0 bridgehead atoms. The molecule has 6 heteroatoms. The number of anilines is 1. The van der Waals surface area contributed by atoms with E-state index >= 15 is 0 Å². The zero-order chi connectivity index (χ0) is 20.4. The number of para-hydroxylation sites is 2. The van der Waals surface area contributed by atoms with Crippen molar-refractivity contribution in [3.63, 3.8) is 0 Å². The van der Waals surface area contributed by atoms with Crippen molar-refractivity contribution in [1.29, 1.82) is 0 Å². The van der Waals surface area contributed by atoms with Gasteiger partial charge in [0.2, 0.25) is 0 Å². The average molecular weight is 393 g/mol. The number of alkyl halides is 3. The van der Waals surface area contributed by atoms with Crippen LogP contribution >= 0.6 is 0 Å². The highest BCUT2D eigenvalue weighted by Gasteiger charge is 2.33. The van der Waals surface area contributed by atoms with Crippen LogP contribution in [0.25, 0.3) is 22.2 Å². The Kier molecular flexibility index (Phi) is 4.84. The normalized spacial score (nSPS) is 12.0. The summed E-state index contributed by atoms with van der Waals surface area (Å²) in [6.45, 7) is 0. The number of hydrazone groups is 1. The minimum atomic E-state index is -4.45. The Morgan fingerprint density at radius 2 is 1.52 bits per heavy atom. The predicted molar refractivity (Wildman–Crippen MR) is 111 cm³/mol. The molecule has 4 aromatic rings. The van der Waals surface area contributed by atoms with Crippen molar-refractivity contribution in [3.05, 3.63) is 90.0 Å². The van der Waals surface area contributed by atoms with Crippen LogP contribution in [0, 0.1) is 0 Å². The first-order valence-corrected chi connectivity index (χ1v) is 9.05. The van der Waals surface area contributed by atoms with Crippen LogP contribution in [-0.2, 0) is 13.2 Å². The van der Waals surface area contributed by atoms with Crippen LogP contribution in [0.15, 0.2) is 84.0 Å². The Balaban J connectivity index is 1.78. The topological polar surface area (TPSA) is 29.3 Å². The van der Waals surface area contributed by atoms with Crippen LogP contribution in [-0.4, -0.2) is 10.8 Å². The molecule has 0 aliphatic heterocycles. The number of aromatic nitrogens is 1. The summed E-state index contributed by atoms with van der Waals surface area (Å²) in [6.07, 6.45) is -2.87. The molecular weight excluding hydrogens is 375 g/mol. The van der Waals surface area contributed by atoms with E-state index in [1.165, 1.54) is 12.1 Å². The number of fused-ring (bicyclic) bond motifs is 1. The first-order chi connectivity index (χ1) is 14.0. The molecule has 3 aromatic carbocycles. The van der Waals surface area contributed by atoms with Gasteiger partial charge in [0.15, 0.2) is 0 Å². The standard InChI is InChI=1S/C23H18F3N3/c1-29-21-14-8-5-11-17(21)18(22(29)16-9-3-2-4-10-16)15-27-28-20-13-7-6-12-19(20)23(24,25)26/h2-15,28H,1H3. The monoisotopic (exact) mass is 393 g/mol. The highest BCUT2D eigenvalue weighted by atomic mass is 19.4. The fourth-order valence-corrected chi connectivity index (χ4v) is 3.49. The third-order valence-electron chi connectivity index (χ3n) is 4.80. The largest absolute Gasteiger partial charge is 0.418 e. The van der Waals surface area contributed by atoms with Gasteiger partial charge in [-0.15, -0.1) is 0 Å². The van der Waals surface area contributed by atoms with Gasteiger partial charge in [-0.3, -0.25) is 5.43 Å². The molecule has 146 valence electrons. The number of rotatable bonds is 4. The smallest absolute Gasteiger partial charge is 0.343 e. The van der Waals surface area contributed by atoms with Gasteiger partial charge >= 0.3 is 6.18 Å². The number of halogens is 3. The molecule has 0 fully saturated rings. The van der Waals surface area contributed by atoms with Gasteiger partial charge in [0.25, 0.3) is 0 Å². The van der Waals surface area contributed by atoms with Crippen LogP contribution in [0.1, 0.15) is 11.1 Å². The van der Waals surface area contributed by atoms with Crippen LogP contribution in [0.5, 0.6) is 0 Å². The van der Waals surface area contributed by atoms with Crippen molar-refractivity contribution < 1.29 is 13.2 Å². The van der Waals surface area contributed by atoms with E-state index in [1.54, 1.807) is 12.3 Å². The second-order valence-corrected chi connectivity index (χ2v) is 6.62. The van der Waals surface area contributed by atoms with Crippen molar-refractivity contribution in [2.75, 3.05) is 5.43 Å². The van der Waals surface area contributed by atoms with Gasteiger partial charge in [-0.25, -0.2) is 0 Å². The molecule has 1 aromatic heterocycles. The molecule has 29 heavy (non-hydrogen) atoms. The Morgan fingerprint density at radius 3 is 2.28 bits per heavy atom. The quantitative estimate of drug-likeness (QED) is 0.319. The van der Waals surface area contributed by atoms with Crippen LogP contribution < -0.4 is 5.43 Å². The Hall–Kier alpha value is -3.54. The molecule has 1 N–H and O–H groups in total. The summed E-state index contributed by atoms with van der Waals surface area (Å²) in [5, 5.41) is 5.12. The summed E-state index contributed by atoms with van der Waals surface area (Å²) in [7, 11) is 1.97. The van der Waals surface area contributed by atoms with Crippen molar-refractivity contribution >= 4 is 22.8 Å².